The van der Waals surface area contributed by atoms with E-state index in [2.05, 4.69) is 5.10 Å². The average molecular weight is 149 g/mol. The van der Waals surface area contributed by atoms with Gasteiger partial charge >= 0.3 is 0 Å². The Bertz CT molecular complexity index is 440. The maximum Gasteiger partial charge on any atom is 0.269 e. The summed E-state index contributed by atoms with van der Waals surface area (Å²) in [5.74, 6) is 0. The number of aromatic nitrogens is 2. The van der Waals surface area contributed by atoms with E-state index in [1.54, 1.807) is 18.3 Å². The van der Waals surface area contributed by atoms with Crippen LogP contribution in [0.2, 0.25) is 0 Å². The summed E-state index contributed by atoms with van der Waals surface area (Å²) in [6, 6.07) is 4.94. The lowest BCUT2D eigenvalue weighted by Crippen LogP contribution is -2.10. The summed E-state index contributed by atoms with van der Waals surface area (Å²) in [5.41, 5.74) is 6.76. The summed E-state index contributed by atoms with van der Waals surface area (Å²) >= 11 is 0. The highest BCUT2D eigenvalue weighted by Crippen LogP contribution is 2.07. The van der Waals surface area contributed by atoms with Crippen molar-refractivity contribution in [2.24, 2.45) is 0 Å². The second-order valence-electron chi connectivity index (χ2n) is 2.31. The van der Waals surface area contributed by atoms with Gasteiger partial charge in [0.15, 0.2) is 0 Å². The number of hydrogen-bond donors (Lipinski definition) is 2. The molecule has 2 rings (SSSR count). The van der Waals surface area contributed by atoms with Gasteiger partial charge in [0.2, 0.25) is 0 Å². The number of fused-ring (bicyclic) bond motifs is 1. The first-order chi connectivity index (χ1) is 5.29. The van der Waals surface area contributed by atoms with Gasteiger partial charge < -0.3 is 5.73 Å². The van der Waals surface area contributed by atoms with Crippen molar-refractivity contribution in [3.05, 3.63) is 34.7 Å². The van der Waals surface area contributed by atoms with Crippen LogP contribution in [-0.2, 0) is 0 Å². The molecule has 2 aromatic heterocycles. The summed E-state index contributed by atoms with van der Waals surface area (Å²) in [6.07, 6.45) is 1.59. The molecule has 0 bridgehead atoms. The average Bonchev–Trinajstić information content (AvgIpc) is 2.35. The maximum absolute atomic E-state index is 11.1. The van der Waals surface area contributed by atoms with E-state index in [1.807, 2.05) is 0 Å². The van der Waals surface area contributed by atoms with Crippen LogP contribution in [0.4, 0.5) is 5.69 Å². The zero-order valence-electron chi connectivity index (χ0n) is 5.74. The number of anilines is 1. The molecule has 0 aliphatic carbocycles. The molecule has 2 aromatic rings. The van der Waals surface area contributed by atoms with Gasteiger partial charge in [-0.2, -0.15) is 0 Å². The number of nitrogens with two attached hydrogens (primary N) is 1. The normalized spacial score (nSPS) is 10.5. The lowest BCUT2D eigenvalue weighted by Gasteiger charge is -1.89. The zero-order valence-corrected chi connectivity index (χ0v) is 5.74. The Morgan fingerprint density at radius 3 is 3.00 bits per heavy atom. The van der Waals surface area contributed by atoms with Crippen molar-refractivity contribution in [3.63, 3.8) is 0 Å². The van der Waals surface area contributed by atoms with Gasteiger partial charge in [0, 0.05) is 12.3 Å². The molecule has 11 heavy (non-hydrogen) atoms. The quantitative estimate of drug-likeness (QED) is 0.562. The number of hydrogen-bond acceptors (Lipinski definition) is 2. The number of H-pyrrole nitrogens is 1. The number of pyridine rings is 1. The Morgan fingerprint density at radius 1 is 1.45 bits per heavy atom. The van der Waals surface area contributed by atoms with Crippen molar-refractivity contribution >= 4 is 11.2 Å². The molecule has 0 unspecified atom stereocenters. The van der Waals surface area contributed by atoms with E-state index in [0.717, 1.165) is 5.52 Å². The van der Waals surface area contributed by atoms with Gasteiger partial charge in [-0.25, -0.2) is 4.52 Å². The fourth-order valence-electron chi connectivity index (χ4n) is 1.06. The summed E-state index contributed by atoms with van der Waals surface area (Å²) < 4.78 is 1.40. The van der Waals surface area contributed by atoms with Crippen LogP contribution in [0.1, 0.15) is 0 Å². The number of nitrogens with zero attached hydrogens (tertiary/aromatic N) is 1. The standard InChI is InChI=1S/C7H7N3O/c8-5-4-9-10-6(5)2-1-3-7(10)11/h1-4,9H,8H2. The molecule has 0 spiro atoms. The van der Waals surface area contributed by atoms with Gasteiger partial charge in [-0.1, -0.05) is 6.07 Å². The molecule has 0 fully saturated rings. The predicted octanol–water partition coefficient (Wildman–Crippen LogP) is 0.210. The molecule has 3 N–H and O–H groups in total. The number of aromatic amines is 1. The summed E-state index contributed by atoms with van der Waals surface area (Å²) in [6.45, 7) is 0. The molecule has 56 valence electrons. The van der Waals surface area contributed by atoms with Gasteiger partial charge in [0.25, 0.3) is 5.56 Å². The molecule has 4 nitrogen and oxygen atoms in total. The highest BCUT2D eigenvalue weighted by atomic mass is 16.1. The smallest absolute Gasteiger partial charge is 0.269 e. The second-order valence-corrected chi connectivity index (χ2v) is 2.31. The lowest BCUT2D eigenvalue weighted by atomic mass is 10.4. The summed E-state index contributed by atoms with van der Waals surface area (Å²) in [4.78, 5) is 11.1. The third kappa shape index (κ3) is 0.724. The Balaban J connectivity index is 3.06. The SMILES string of the molecule is Nc1c[nH]n2c(=O)cccc12. The molecule has 0 saturated heterocycles. The molecule has 0 aliphatic heterocycles. The minimum Gasteiger partial charge on any atom is -0.396 e. The summed E-state index contributed by atoms with van der Waals surface area (Å²) in [5, 5.41) is 2.74. The van der Waals surface area contributed by atoms with Gasteiger partial charge in [0.05, 0.1) is 11.2 Å². The molecule has 0 amide bonds. The Morgan fingerprint density at radius 2 is 2.27 bits per heavy atom. The van der Waals surface area contributed by atoms with Crippen LogP contribution in [0.5, 0.6) is 0 Å². The molecular weight excluding hydrogens is 142 g/mol. The van der Waals surface area contributed by atoms with E-state index in [4.69, 9.17) is 5.73 Å². The largest absolute Gasteiger partial charge is 0.396 e. The first-order valence-corrected chi connectivity index (χ1v) is 3.23. The Hall–Kier alpha value is -1.71. The molecule has 4 heteroatoms. The second kappa shape index (κ2) is 1.88. The topological polar surface area (TPSA) is 63.3 Å². The molecule has 0 aromatic carbocycles. The highest BCUT2D eigenvalue weighted by Gasteiger charge is 1.98. The van der Waals surface area contributed by atoms with Crippen LogP contribution in [0.3, 0.4) is 0 Å². The van der Waals surface area contributed by atoms with Crippen molar-refractivity contribution in [1.82, 2.24) is 9.61 Å². The van der Waals surface area contributed by atoms with Crippen molar-refractivity contribution in [3.8, 4) is 0 Å². The molecule has 0 atom stereocenters. The Labute approximate surface area is 62.2 Å². The summed E-state index contributed by atoms with van der Waals surface area (Å²) in [7, 11) is 0. The highest BCUT2D eigenvalue weighted by molar-refractivity contribution is 5.67. The van der Waals surface area contributed by atoms with Crippen molar-refractivity contribution in [2.75, 3.05) is 5.73 Å². The van der Waals surface area contributed by atoms with Crippen LogP contribution in [0.25, 0.3) is 5.52 Å². The third-order valence-corrected chi connectivity index (χ3v) is 1.60. The fourth-order valence-corrected chi connectivity index (χ4v) is 1.06. The molecule has 2 heterocycles. The van der Waals surface area contributed by atoms with E-state index in [9.17, 15) is 4.79 Å². The first-order valence-electron chi connectivity index (χ1n) is 3.23. The fraction of sp³-hybridized carbons (Fsp3) is 0. The van der Waals surface area contributed by atoms with Crippen molar-refractivity contribution in [1.29, 1.82) is 0 Å². The third-order valence-electron chi connectivity index (χ3n) is 1.60. The van der Waals surface area contributed by atoms with E-state index in [0.29, 0.717) is 5.69 Å². The van der Waals surface area contributed by atoms with E-state index < -0.39 is 0 Å². The van der Waals surface area contributed by atoms with Crippen LogP contribution in [0.15, 0.2) is 29.2 Å². The van der Waals surface area contributed by atoms with Crippen LogP contribution in [-0.4, -0.2) is 9.61 Å². The van der Waals surface area contributed by atoms with Crippen LogP contribution < -0.4 is 11.3 Å². The van der Waals surface area contributed by atoms with Gasteiger partial charge in [-0.15, -0.1) is 0 Å². The monoisotopic (exact) mass is 149 g/mol. The van der Waals surface area contributed by atoms with Crippen LogP contribution >= 0.6 is 0 Å². The van der Waals surface area contributed by atoms with Crippen molar-refractivity contribution < 1.29 is 0 Å². The van der Waals surface area contributed by atoms with Gasteiger partial charge in [-0.05, 0) is 6.07 Å². The Kier molecular flexibility index (Phi) is 1.03. The molecule has 0 aliphatic rings. The molecule has 0 radical (unpaired) electrons. The number of rotatable bonds is 0. The maximum atomic E-state index is 11.1. The van der Waals surface area contributed by atoms with Gasteiger partial charge in [0.1, 0.15) is 0 Å². The zero-order chi connectivity index (χ0) is 7.84. The minimum absolute atomic E-state index is 0.0980. The van der Waals surface area contributed by atoms with Gasteiger partial charge in [-0.3, -0.25) is 9.89 Å². The molecular formula is C7H7N3O. The van der Waals surface area contributed by atoms with Crippen molar-refractivity contribution in [2.45, 2.75) is 0 Å². The molecule has 0 saturated carbocycles. The van der Waals surface area contributed by atoms with E-state index in [-0.39, 0.29) is 5.56 Å². The van der Waals surface area contributed by atoms with Crippen LogP contribution in [0, 0.1) is 0 Å². The van der Waals surface area contributed by atoms with E-state index in [1.165, 1.54) is 10.6 Å². The van der Waals surface area contributed by atoms with E-state index >= 15 is 0 Å². The predicted molar refractivity (Wildman–Crippen MR) is 42.4 cm³/mol. The first kappa shape index (κ1) is 6.03. The number of nitrogen functional groups attached to an aromatic ring is 1. The minimum atomic E-state index is -0.0980. The lowest BCUT2D eigenvalue weighted by molar-refractivity contribution is 0.920. The number of nitrogens with one attached hydrogen (secondary N) is 1.